The van der Waals surface area contributed by atoms with Crippen molar-refractivity contribution in [2.75, 3.05) is 11.5 Å². The van der Waals surface area contributed by atoms with Crippen molar-refractivity contribution in [3.8, 4) is 17.7 Å². The Morgan fingerprint density at radius 1 is 1.30 bits per heavy atom. The van der Waals surface area contributed by atoms with E-state index in [-0.39, 0.29) is 34.9 Å². The minimum atomic E-state index is -3.21. The SMILES string of the molecule is Cc1cccc(Oc2nc3ccccn3c(=O)c2/C=C(\C#N)C(=O)N[C@H]2CCS(=O)(=O)C2)c1. The van der Waals surface area contributed by atoms with E-state index < -0.39 is 27.3 Å². The molecule has 1 aromatic carbocycles. The molecule has 10 heteroatoms. The lowest BCUT2D eigenvalue weighted by Crippen LogP contribution is -2.36. The summed E-state index contributed by atoms with van der Waals surface area (Å²) in [4.78, 5) is 30.3. The van der Waals surface area contributed by atoms with Crippen molar-refractivity contribution in [1.29, 1.82) is 5.26 Å². The molecule has 1 saturated heterocycles. The number of fused-ring (bicyclic) bond motifs is 1. The highest BCUT2D eigenvalue weighted by molar-refractivity contribution is 7.91. The summed E-state index contributed by atoms with van der Waals surface area (Å²) in [6.45, 7) is 1.89. The monoisotopic (exact) mass is 464 g/mol. The summed E-state index contributed by atoms with van der Waals surface area (Å²) in [6.07, 6.45) is 2.92. The zero-order valence-corrected chi connectivity index (χ0v) is 18.5. The molecule has 1 atom stereocenters. The van der Waals surface area contributed by atoms with Crippen LogP contribution >= 0.6 is 0 Å². The minimum Gasteiger partial charge on any atom is -0.438 e. The fourth-order valence-corrected chi connectivity index (χ4v) is 5.21. The van der Waals surface area contributed by atoms with E-state index in [2.05, 4.69) is 10.3 Å². The number of rotatable bonds is 5. The Balaban J connectivity index is 1.76. The fourth-order valence-electron chi connectivity index (χ4n) is 3.54. The highest BCUT2D eigenvalue weighted by Crippen LogP contribution is 2.25. The average Bonchev–Trinajstić information content (AvgIpc) is 3.11. The number of amides is 1. The van der Waals surface area contributed by atoms with Crippen molar-refractivity contribution in [1.82, 2.24) is 14.7 Å². The van der Waals surface area contributed by atoms with Crippen LogP contribution < -0.4 is 15.6 Å². The van der Waals surface area contributed by atoms with Crippen molar-refractivity contribution in [2.24, 2.45) is 0 Å². The number of sulfone groups is 1. The molecule has 3 aromatic rings. The molecular weight excluding hydrogens is 444 g/mol. The van der Waals surface area contributed by atoms with E-state index in [1.807, 2.05) is 13.0 Å². The van der Waals surface area contributed by atoms with Crippen LogP contribution in [0.3, 0.4) is 0 Å². The average molecular weight is 465 g/mol. The van der Waals surface area contributed by atoms with Crippen LogP contribution in [-0.4, -0.2) is 41.3 Å². The third-order valence-electron chi connectivity index (χ3n) is 5.16. The molecule has 1 N–H and O–H groups in total. The smallest absolute Gasteiger partial charge is 0.269 e. The Morgan fingerprint density at radius 2 is 2.12 bits per heavy atom. The largest absolute Gasteiger partial charge is 0.438 e. The van der Waals surface area contributed by atoms with Gasteiger partial charge in [0.05, 0.1) is 11.5 Å². The van der Waals surface area contributed by atoms with Gasteiger partial charge >= 0.3 is 0 Å². The first-order chi connectivity index (χ1) is 15.8. The van der Waals surface area contributed by atoms with Crippen LogP contribution in [0.2, 0.25) is 0 Å². The molecule has 1 fully saturated rings. The zero-order chi connectivity index (χ0) is 23.6. The van der Waals surface area contributed by atoms with Crippen molar-refractivity contribution >= 4 is 27.5 Å². The van der Waals surface area contributed by atoms with Gasteiger partial charge in [-0.25, -0.2) is 8.42 Å². The molecule has 9 nitrogen and oxygen atoms in total. The van der Waals surface area contributed by atoms with Crippen LogP contribution in [0.4, 0.5) is 0 Å². The maximum Gasteiger partial charge on any atom is 0.269 e. The molecule has 1 aliphatic rings. The van der Waals surface area contributed by atoms with Crippen molar-refractivity contribution in [2.45, 2.75) is 19.4 Å². The van der Waals surface area contributed by atoms with E-state index >= 15 is 0 Å². The van der Waals surface area contributed by atoms with Crippen LogP contribution in [-0.2, 0) is 14.6 Å². The molecular formula is C23H20N4O5S. The molecule has 33 heavy (non-hydrogen) atoms. The van der Waals surface area contributed by atoms with Crippen molar-refractivity contribution in [3.63, 3.8) is 0 Å². The molecule has 0 saturated carbocycles. The molecule has 1 aliphatic heterocycles. The lowest BCUT2D eigenvalue weighted by Gasteiger charge is -2.12. The highest BCUT2D eigenvalue weighted by Gasteiger charge is 2.29. The molecule has 0 unspecified atom stereocenters. The predicted octanol–water partition coefficient (Wildman–Crippen LogP) is 2.01. The Morgan fingerprint density at radius 3 is 2.82 bits per heavy atom. The first kappa shape index (κ1) is 22.2. The van der Waals surface area contributed by atoms with E-state index in [0.717, 1.165) is 11.6 Å². The lowest BCUT2D eigenvalue weighted by molar-refractivity contribution is -0.117. The number of carbonyl (C=O) groups excluding carboxylic acids is 1. The van der Waals surface area contributed by atoms with Crippen LogP contribution in [0, 0.1) is 18.3 Å². The number of hydrogen-bond donors (Lipinski definition) is 1. The standard InChI is InChI=1S/C23H20N4O5S/c1-15-5-4-6-18(11-15)32-22-19(23(29)27-9-3-2-7-20(27)26-22)12-16(13-24)21(28)25-17-8-10-33(30,31)14-17/h2-7,9,11-12,17H,8,10,14H2,1H3,(H,25,28)/b16-12+/t17-/m0/s1. The Labute approximate surface area is 189 Å². The predicted molar refractivity (Wildman–Crippen MR) is 122 cm³/mol. The maximum atomic E-state index is 13.2. The Kier molecular flexibility index (Phi) is 5.98. The van der Waals surface area contributed by atoms with Crippen LogP contribution in [0.1, 0.15) is 17.5 Å². The van der Waals surface area contributed by atoms with E-state index in [1.165, 1.54) is 10.6 Å². The number of aryl methyl sites for hydroxylation is 1. The van der Waals surface area contributed by atoms with E-state index in [0.29, 0.717) is 11.4 Å². The summed E-state index contributed by atoms with van der Waals surface area (Å²) in [5.41, 5.74) is 0.313. The molecule has 3 heterocycles. The van der Waals surface area contributed by atoms with Gasteiger partial charge in [0.1, 0.15) is 28.6 Å². The quantitative estimate of drug-likeness (QED) is 0.451. The number of hydrogen-bond acceptors (Lipinski definition) is 7. The summed E-state index contributed by atoms with van der Waals surface area (Å²) in [5.74, 6) is -0.580. The van der Waals surface area contributed by atoms with E-state index in [9.17, 15) is 23.3 Å². The molecule has 0 aliphatic carbocycles. The Bertz CT molecular complexity index is 1480. The van der Waals surface area contributed by atoms with Gasteiger partial charge in [0.25, 0.3) is 11.5 Å². The molecule has 4 rings (SSSR count). The number of nitriles is 1. The number of nitrogens with one attached hydrogen (secondary N) is 1. The molecule has 0 bridgehead atoms. The lowest BCUT2D eigenvalue weighted by atomic mass is 10.1. The second-order valence-corrected chi connectivity index (χ2v) is 9.96. The second-order valence-electron chi connectivity index (χ2n) is 7.73. The van der Waals surface area contributed by atoms with Gasteiger partial charge in [-0.15, -0.1) is 0 Å². The van der Waals surface area contributed by atoms with E-state index in [4.69, 9.17) is 4.74 Å². The normalized spacial score (nSPS) is 17.5. The summed E-state index contributed by atoms with van der Waals surface area (Å²) in [6, 6.07) is 13.4. The topological polar surface area (TPSA) is 131 Å². The first-order valence-corrected chi connectivity index (χ1v) is 12.0. The molecule has 168 valence electrons. The number of pyridine rings is 1. The zero-order valence-electron chi connectivity index (χ0n) is 17.7. The van der Waals surface area contributed by atoms with Crippen molar-refractivity contribution in [3.05, 3.63) is 75.7 Å². The van der Waals surface area contributed by atoms with Gasteiger partial charge in [-0.2, -0.15) is 10.2 Å². The first-order valence-electron chi connectivity index (χ1n) is 10.1. The third kappa shape index (κ3) is 4.94. The maximum absolute atomic E-state index is 13.2. The molecule has 2 aromatic heterocycles. The van der Waals surface area contributed by atoms with Crippen LogP contribution in [0.25, 0.3) is 11.7 Å². The molecule has 1 amide bonds. The van der Waals surface area contributed by atoms with Gasteiger partial charge in [-0.05, 0) is 49.2 Å². The minimum absolute atomic E-state index is 0.0199. The summed E-state index contributed by atoms with van der Waals surface area (Å²) < 4.78 is 30.5. The van der Waals surface area contributed by atoms with Gasteiger partial charge in [-0.1, -0.05) is 18.2 Å². The Hall–Kier alpha value is -3.97. The van der Waals surface area contributed by atoms with Gasteiger partial charge in [0, 0.05) is 12.2 Å². The summed E-state index contributed by atoms with van der Waals surface area (Å²) in [5, 5.41) is 12.1. The fraction of sp³-hybridized carbons (Fsp3) is 0.217. The van der Waals surface area contributed by atoms with Gasteiger partial charge in [-0.3, -0.25) is 14.0 Å². The number of carbonyl (C=O) groups is 1. The van der Waals surface area contributed by atoms with Crippen LogP contribution in [0.5, 0.6) is 11.6 Å². The summed E-state index contributed by atoms with van der Waals surface area (Å²) in [7, 11) is -3.21. The second kappa shape index (κ2) is 8.88. The van der Waals surface area contributed by atoms with Crippen molar-refractivity contribution < 1.29 is 17.9 Å². The molecule has 0 radical (unpaired) electrons. The third-order valence-corrected chi connectivity index (χ3v) is 6.93. The highest BCUT2D eigenvalue weighted by atomic mass is 32.2. The van der Waals surface area contributed by atoms with Gasteiger partial charge in [0.2, 0.25) is 5.88 Å². The number of ether oxygens (including phenoxy) is 1. The number of nitrogens with zero attached hydrogens (tertiary/aromatic N) is 3. The van der Waals surface area contributed by atoms with Gasteiger partial charge in [0.15, 0.2) is 9.84 Å². The van der Waals surface area contributed by atoms with Gasteiger partial charge < -0.3 is 10.1 Å². The molecule has 0 spiro atoms. The van der Waals surface area contributed by atoms with E-state index in [1.54, 1.807) is 42.5 Å². The summed E-state index contributed by atoms with van der Waals surface area (Å²) >= 11 is 0. The number of aromatic nitrogens is 2. The number of benzene rings is 1. The van der Waals surface area contributed by atoms with Crippen LogP contribution in [0.15, 0.2) is 59.0 Å².